The van der Waals surface area contributed by atoms with Gasteiger partial charge in [0.2, 0.25) is 0 Å². The third kappa shape index (κ3) is 6.00. The van der Waals surface area contributed by atoms with Gasteiger partial charge in [-0.25, -0.2) is 9.18 Å². The Morgan fingerprint density at radius 1 is 1.09 bits per heavy atom. The Kier molecular flexibility index (Phi) is 7.13. The Hall–Kier alpha value is -4.55. The average Bonchev–Trinajstić information content (AvgIpc) is 2.80. The molecule has 0 fully saturated rings. The van der Waals surface area contributed by atoms with Gasteiger partial charge in [0.1, 0.15) is 23.2 Å². The zero-order valence-electron chi connectivity index (χ0n) is 16.6. The highest BCUT2D eigenvalue weighted by Crippen LogP contribution is 2.22. The van der Waals surface area contributed by atoms with Crippen molar-refractivity contribution in [3.05, 3.63) is 104 Å². The van der Waals surface area contributed by atoms with Gasteiger partial charge >= 0.3 is 5.97 Å². The third-order valence-electron chi connectivity index (χ3n) is 4.26. The van der Waals surface area contributed by atoms with E-state index in [1.54, 1.807) is 18.2 Å². The number of anilines is 1. The minimum Gasteiger partial charge on any atom is -0.423 e. The minimum atomic E-state index is -0.949. The van der Waals surface area contributed by atoms with Crippen LogP contribution in [-0.2, 0) is 4.79 Å². The number of esters is 1. The second-order valence-electron chi connectivity index (χ2n) is 6.51. The number of rotatable bonds is 6. The number of hydrogen-bond donors (Lipinski definition) is 1. The molecule has 33 heavy (non-hydrogen) atoms. The van der Waals surface area contributed by atoms with Crippen molar-refractivity contribution in [1.82, 2.24) is 0 Å². The zero-order valence-corrected chi connectivity index (χ0v) is 17.4. The molecule has 1 amide bonds. The molecule has 0 bridgehead atoms. The van der Waals surface area contributed by atoms with Crippen molar-refractivity contribution in [2.75, 3.05) is 5.32 Å². The van der Waals surface area contributed by atoms with E-state index in [1.807, 2.05) is 0 Å². The van der Waals surface area contributed by atoms with Crippen LogP contribution < -0.4 is 10.1 Å². The van der Waals surface area contributed by atoms with Crippen molar-refractivity contribution in [1.29, 1.82) is 5.26 Å². The molecule has 1 N–H and O–H groups in total. The number of carbonyl (C=O) groups is 2. The molecule has 0 atom stereocenters. The highest BCUT2D eigenvalue weighted by molar-refractivity contribution is 6.30. The number of hydrogen-bond acceptors (Lipinski definition) is 6. The molecular formula is C23H13ClFN3O5. The summed E-state index contributed by atoms with van der Waals surface area (Å²) in [6, 6.07) is 16.4. The van der Waals surface area contributed by atoms with E-state index in [1.165, 1.54) is 42.5 Å². The van der Waals surface area contributed by atoms with E-state index < -0.39 is 34.0 Å². The van der Waals surface area contributed by atoms with E-state index >= 15 is 0 Å². The summed E-state index contributed by atoms with van der Waals surface area (Å²) in [6.07, 6.45) is 1.23. The standard InChI is InChI=1S/C23H13ClFN3O5/c24-17-5-3-15(4-6-17)23(30)33-19-8-1-14(2-9-19)11-16(13-26)22(29)27-21-12-18(28(31)32)7-10-20(21)25/h1-12H,(H,27,29). The lowest BCUT2D eigenvalue weighted by atomic mass is 10.1. The van der Waals surface area contributed by atoms with E-state index in [0.717, 1.165) is 18.2 Å². The number of halogens is 2. The maximum Gasteiger partial charge on any atom is 0.343 e. The van der Waals surface area contributed by atoms with Gasteiger partial charge in [0.15, 0.2) is 0 Å². The van der Waals surface area contributed by atoms with E-state index in [-0.39, 0.29) is 11.3 Å². The Labute approximate surface area is 191 Å². The molecule has 0 heterocycles. The van der Waals surface area contributed by atoms with Crippen LogP contribution in [0.15, 0.2) is 72.3 Å². The molecule has 0 spiro atoms. The third-order valence-corrected chi connectivity index (χ3v) is 4.51. The first-order chi connectivity index (χ1) is 15.8. The largest absolute Gasteiger partial charge is 0.423 e. The topological polar surface area (TPSA) is 122 Å². The maximum atomic E-state index is 13.9. The first-order valence-electron chi connectivity index (χ1n) is 9.21. The molecule has 0 aromatic heterocycles. The van der Waals surface area contributed by atoms with Gasteiger partial charge in [-0.2, -0.15) is 5.26 Å². The fourth-order valence-corrected chi connectivity index (χ4v) is 2.74. The number of nitrogens with one attached hydrogen (secondary N) is 1. The molecule has 164 valence electrons. The van der Waals surface area contributed by atoms with Gasteiger partial charge in [-0.1, -0.05) is 23.7 Å². The minimum absolute atomic E-state index is 0.230. The van der Waals surface area contributed by atoms with Crippen LogP contribution in [0.5, 0.6) is 5.75 Å². The molecule has 0 radical (unpaired) electrons. The van der Waals surface area contributed by atoms with Crippen molar-refractivity contribution in [3.63, 3.8) is 0 Å². The average molecular weight is 466 g/mol. The van der Waals surface area contributed by atoms with Gasteiger partial charge in [0.25, 0.3) is 11.6 Å². The van der Waals surface area contributed by atoms with Crippen LogP contribution in [0.4, 0.5) is 15.8 Å². The van der Waals surface area contributed by atoms with E-state index in [4.69, 9.17) is 16.3 Å². The summed E-state index contributed by atoms with van der Waals surface area (Å²) in [6.45, 7) is 0. The molecule has 8 nitrogen and oxygen atoms in total. The predicted octanol–water partition coefficient (Wildman–Crippen LogP) is 5.15. The molecular weight excluding hydrogens is 453 g/mol. The molecule has 10 heteroatoms. The van der Waals surface area contributed by atoms with Crippen LogP contribution in [0.25, 0.3) is 6.08 Å². The molecule has 3 aromatic carbocycles. The molecule has 3 aromatic rings. The van der Waals surface area contributed by atoms with Crippen LogP contribution in [-0.4, -0.2) is 16.8 Å². The monoisotopic (exact) mass is 465 g/mol. The summed E-state index contributed by atoms with van der Waals surface area (Å²) in [5.41, 5.74) is -0.489. The SMILES string of the molecule is N#CC(=Cc1ccc(OC(=O)c2ccc(Cl)cc2)cc1)C(=O)Nc1cc([N+](=O)[O-])ccc1F. The summed E-state index contributed by atoms with van der Waals surface area (Å²) in [5, 5.41) is 22.8. The van der Waals surface area contributed by atoms with Crippen molar-refractivity contribution in [3.8, 4) is 11.8 Å². The number of amides is 1. The number of nitrogens with zero attached hydrogens (tertiary/aromatic N) is 2. The molecule has 0 aliphatic carbocycles. The summed E-state index contributed by atoms with van der Waals surface area (Å²) in [7, 11) is 0. The molecule has 0 saturated carbocycles. The first-order valence-corrected chi connectivity index (χ1v) is 9.59. The van der Waals surface area contributed by atoms with Crippen molar-refractivity contribution in [2.45, 2.75) is 0 Å². The lowest BCUT2D eigenvalue weighted by molar-refractivity contribution is -0.384. The zero-order chi connectivity index (χ0) is 24.0. The number of carbonyl (C=O) groups excluding carboxylic acids is 2. The molecule has 0 saturated heterocycles. The fourth-order valence-electron chi connectivity index (χ4n) is 2.61. The number of non-ortho nitro benzene ring substituents is 1. The molecule has 3 rings (SSSR count). The van der Waals surface area contributed by atoms with Gasteiger partial charge in [0, 0.05) is 17.2 Å². The second kappa shape index (κ2) is 10.2. The first kappa shape index (κ1) is 23.1. The van der Waals surface area contributed by atoms with Crippen molar-refractivity contribution < 1.29 is 23.6 Å². The van der Waals surface area contributed by atoms with Gasteiger partial charge in [0.05, 0.1) is 16.2 Å². The quantitative estimate of drug-likeness (QED) is 0.134. The fraction of sp³-hybridized carbons (Fsp3) is 0. The normalized spacial score (nSPS) is 10.8. The lowest BCUT2D eigenvalue weighted by Gasteiger charge is -2.06. The van der Waals surface area contributed by atoms with Crippen molar-refractivity contribution >= 4 is 40.9 Å². The van der Waals surface area contributed by atoms with Crippen LogP contribution in [0, 0.1) is 27.3 Å². The maximum absolute atomic E-state index is 13.9. The number of nitro groups is 1. The molecule has 0 aliphatic heterocycles. The smallest absolute Gasteiger partial charge is 0.343 e. The number of nitro benzene ring substituents is 1. The Morgan fingerprint density at radius 2 is 1.76 bits per heavy atom. The van der Waals surface area contributed by atoms with Crippen LogP contribution in [0.1, 0.15) is 15.9 Å². The molecule has 0 unspecified atom stereocenters. The summed E-state index contributed by atoms with van der Waals surface area (Å²) < 4.78 is 19.1. The second-order valence-corrected chi connectivity index (χ2v) is 6.95. The molecule has 0 aliphatic rings. The van der Waals surface area contributed by atoms with E-state index in [9.17, 15) is 29.4 Å². The van der Waals surface area contributed by atoms with E-state index in [0.29, 0.717) is 16.1 Å². The van der Waals surface area contributed by atoms with Gasteiger partial charge in [-0.3, -0.25) is 14.9 Å². The number of ether oxygens (including phenoxy) is 1. The highest BCUT2D eigenvalue weighted by atomic mass is 35.5. The van der Waals surface area contributed by atoms with Crippen LogP contribution in [0.2, 0.25) is 5.02 Å². The van der Waals surface area contributed by atoms with E-state index in [2.05, 4.69) is 5.32 Å². The Balaban J connectivity index is 1.72. The van der Waals surface area contributed by atoms with Gasteiger partial charge < -0.3 is 10.1 Å². The lowest BCUT2D eigenvalue weighted by Crippen LogP contribution is -2.14. The van der Waals surface area contributed by atoms with Crippen molar-refractivity contribution in [2.24, 2.45) is 0 Å². The summed E-state index contributed by atoms with van der Waals surface area (Å²) in [4.78, 5) is 34.6. The summed E-state index contributed by atoms with van der Waals surface area (Å²) >= 11 is 5.79. The van der Waals surface area contributed by atoms with Gasteiger partial charge in [-0.15, -0.1) is 0 Å². The predicted molar refractivity (Wildman–Crippen MR) is 118 cm³/mol. The Morgan fingerprint density at radius 3 is 2.36 bits per heavy atom. The summed E-state index contributed by atoms with van der Waals surface area (Å²) in [5.74, 6) is -2.20. The number of nitriles is 1. The Bertz CT molecular complexity index is 1300. The van der Waals surface area contributed by atoms with Crippen LogP contribution in [0.3, 0.4) is 0 Å². The number of benzene rings is 3. The highest BCUT2D eigenvalue weighted by Gasteiger charge is 2.16. The van der Waals surface area contributed by atoms with Crippen LogP contribution >= 0.6 is 11.6 Å². The van der Waals surface area contributed by atoms with Gasteiger partial charge in [-0.05, 0) is 54.1 Å².